The zero-order valence-corrected chi connectivity index (χ0v) is 21.8. The average Bonchev–Trinajstić information content (AvgIpc) is 3.63. The lowest BCUT2D eigenvalue weighted by molar-refractivity contribution is 0.123. The number of rotatable bonds is 11. The minimum Gasteiger partial charge on any atom is -0.490 e. The zero-order valence-electron chi connectivity index (χ0n) is 19.5. The van der Waals surface area contributed by atoms with Crippen molar-refractivity contribution in [2.24, 2.45) is 16.8 Å². The molecule has 3 aliphatic rings. The zero-order chi connectivity index (χ0) is 21.5. The first-order chi connectivity index (χ1) is 15.2. The molecule has 1 heterocycles. The monoisotopic (exact) mass is 558 g/mol. The van der Waals surface area contributed by atoms with E-state index in [1.54, 1.807) is 0 Å². The summed E-state index contributed by atoms with van der Waals surface area (Å²) in [4.78, 5) is 7.23. The lowest BCUT2D eigenvalue weighted by atomic mass is 10.2. The number of nitrogens with one attached hydrogen (secondary N) is 2. The minimum atomic E-state index is 0. The lowest BCUT2D eigenvalue weighted by Crippen LogP contribution is -2.36. The highest BCUT2D eigenvalue weighted by Crippen LogP contribution is 2.35. The first kappa shape index (κ1) is 25.4. The first-order valence-corrected chi connectivity index (χ1v) is 11.9. The third kappa shape index (κ3) is 8.26. The highest BCUT2D eigenvalue weighted by molar-refractivity contribution is 14.0. The number of hydrogen-bond acceptors (Lipinski definition) is 5. The van der Waals surface area contributed by atoms with Gasteiger partial charge in [-0.15, -0.1) is 24.0 Å². The fourth-order valence-electron chi connectivity index (χ4n) is 3.83. The van der Waals surface area contributed by atoms with E-state index < -0.39 is 0 Å². The van der Waals surface area contributed by atoms with Gasteiger partial charge in [0.2, 0.25) is 0 Å². The maximum absolute atomic E-state index is 5.84. The van der Waals surface area contributed by atoms with E-state index in [1.807, 2.05) is 18.2 Å². The molecular weight excluding hydrogens is 519 g/mol. The summed E-state index contributed by atoms with van der Waals surface area (Å²) >= 11 is 0. The van der Waals surface area contributed by atoms with Gasteiger partial charge in [0.05, 0.1) is 19.8 Å². The van der Waals surface area contributed by atoms with Crippen LogP contribution in [0.15, 0.2) is 23.2 Å². The molecule has 8 heteroatoms. The SMILES string of the molecule is CN(C)C(CN=C(NCCCOCC1CC1)Nc1ccc2c(c1)OCCCO2)C1CC1.I. The maximum Gasteiger partial charge on any atom is 0.195 e. The Morgan fingerprint density at radius 3 is 2.66 bits per heavy atom. The Bertz CT molecular complexity index is 736. The van der Waals surface area contributed by atoms with Gasteiger partial charge in [-0.1, -0.05) is 0 Å². The van der Waals surface area contributed by atoms with Crippen molar-refractivity contribution in [3.8, 4) is 11.5 Å². The second-order valence-corrected chi connectivity index (χ2v) is 9.19. The number of anilines is 1. The number of likely N-dealkylation sites (N-methyl/N-ethyl adjacent to an activating group) is 1. The Morgan fingerprint density at radius 2 is 1.94 bits per heavy atom. The van der Waals surface area contributed by atoms with E-state index in [4.69, 9.17) is 19.2 Å². The second kappa shape index (κ2) is 12.8. The number of guanidine groups is 1. The third-order valence-corrected chi connectivity index (χ3v) is 6.08. The van der Waals surface area contributed by atoms with Gasteiger partial charge in [0, 0.05) is 44.0 Å². The van der Waals surface area contributed by atoms with Crippen LogP contribution in [0.3, 0.4) is 0 Å². The molecule has 1 atom stereocenters. The molecular formula is C24H39IN4O3. The Morgan fingerprint density at radius 1 is 1.16 bits per heavy atom. The number of halogens is 1. The highest BCUT2D eigenvalue weighted by Gasteiger charge is 2.32. The third-order valence-electron chi connectivity index (χ3n) is 6.08. The van der Waals surface area contributed by atoms with E-state index in [9.17, 15) is 0 Å². The quantitative estimate of drug-likeness (QED) is 0.186. The van der Waals surface area contributed by atoms with Gasteiger partial charge < -0.3 is 29.7 Å². The average molecular weight is 559 g/mol. The molecule has 32 heavy (non-hydrogen) atoms. The van der Waals surface area contributed by atoms with E-state index in [0.29, 0.717) is 19.3 Å². The fraction of sp³-hybridized carbons (Fsp3) is 0.708. The summed E-state index contributed by atoms with van der Waals surface area (Å²) < 4.78 is 17.4. The molecule has 0 spiro atoms. The molecule has 2 saturated carbocycles. The van der Waals surface area contributed by atoms with Crippen molar-refractivity contribution in [1.29, 1.82) is 0 Å². The van der Waals surface area contributed by atoms with Crippen LogP contribution in [0, 0.1) is 11.8 Å². The minimum absolute atomic E-state index is 0. The number of aliphatic imine (C=N–C) groups is 1. The molecule has 4 rings (SSSR count). The van der Waals surface area contributed by atoms with Gasteiger partial charge in [-0.2, -0.15) is 0 Å². The topological polar surface area (TPSA) is 67.4 Å². The van der Waals surface area contributed by atoms with E-state index >= 15 is 0 Å². The molecule has 0 saturated heterocycles. The van der Waals surface area contributed by atoms with Crippen molar-refractivity contribution >= 4 is 35.6 Å². The molecule has 0 bridgehead atoms. The molecule has 2 N–H and O–H groups in total. The second-order valence-electron chi connectivity index (χ2n) is 9.19. The molecule has 1 unspecified atom stereocenters. The number of nitrogens with zero attached hydrogens (tertiary/aromatic N) is 2. The van der Waals surface area contributed by atoms with Crippen LogP contribution in [0.1, 0.15) is 38.5 Å². The summed E-state index contributed by atoms with van der Waals surface area (Å²) in [5.41, 5.74) is 0.952. The number of fused-ring (bicyclic) bond motifs is 1. The Kier molecular flexibility index (Phi) is 10.2. The van der Waals surface area contributed by atoms with Gasteiger partial charge in [0.15, 0.2) is 17.5 Å². The molecule has 0 amide bonds. The van der Waals surface area contributed by atoms with Crippen molar-refractivity contribution in [2.75, 3.05) is 58.9 Å². The van der Waals surface area contributed by atoms with Crippen LogP contribution in [0.2, 0.25) is 0 Å². The van der Waals surface area contributed by atoms with Gasteiger partial charge in [0.25, 0.3) is 0 Å². The molecule has 0 aromatic heterocycles. The largest absolute Gasteiger partial charge is 0.490 e. The summed E-state index contributed by atoms with van der Waals surface area (Å²) in [5, 5.41) is 6.95. The number of hydrogen-bond donors (Lipinski definition) is 2. The van der Waals surface area contributed by atoms with E-state index in [1.165, 1.54) is 25.7 Å². The molecule has 1 aromatic rings. The van der Waals surface area contributed by atoms with Gasteiger partial charge in [-0.25, -0.2) is 0 Å². The predicted octanol–water partition coefficient (Wildman–Crippen LogP) is 3.98. The summed E-state index contributed by atoms with van der Waals surface area (Å²) in [7, 11) is 4.31. The molecule has 7 nitrogen and oxygen atoms in total. The lowest BCUT2D eigenvalue weighted by Gasteiger charge is -2.23. The highest BCUT2D eigenvalue weighted by atomic mass is 127. The Balaban J connectivity index is 0.00000289. The smallest absolute Gasteiger partial charge is 0.195 e. The van der Waals surface area contributed by atoms with Crippen molar-refractivity contribution in [1.82, 2.24) is 10.2 Å². The fourth-order valence-corrected chi connectivity index (χ4v) is 3.83. The summed E-state index contributed by atoms with van der Waals surface area (Å²) in [6.07, 6.45) is 7.17. The van der Waals surface area contributed by atoms with Crippen molar-refractivity contribution in [3.05, 3.63) is 18.2 Å². The van der Waals surface area contributed by atoms with Crippen LogP contribution in [-0.2, 0) is 4.74 Å². The van der Waals surface area contributed by atoms with E-state index in [-0.39, 0.29) is 24.0 Å². The summed E-state index contributed by atoms with van der Waals surface area (Å²) in [6.45, 7) is 4.71. The van der Waals surface area contributed by atoms with E-state index in [2.05, 4.69) is 29.6 Å². The predicted molar refractivity (Wildman–Crippen MR) is 140 cm³/mol. The first-order valence-electron chi connectivity index (χ1n) is 11.9. The van der Waals surface area contributed by atoms with E-state index in [0.717, 1.165) is 74.1 Å². The Hall–Kier alpha value is -1.26. The number of ether oxygens (including phenoxy) is 3. The van der Waals surface area contributed by atoms with Crippen LogP contribution in [-0.4, -0.2) is 70.5 Å². The van der Waals surface area contributed by atoms with Crippen LogP contribution in [0.4, 0.5) is 5.69 Å². The summed E-state index contributed by atoms with van der Waals surface area (Å²) in [6, 6.07) is 6.48. The molecule has 0 radical (unpaired) electrons. The van der Waals surface area contributed by atoms with Crippen LogP contribution in [0.25, 0.3) is 0 Å². The molecule has 180 valence electrons. The molecule has 2 fully saturated rings. The molecule has 1 aromatic carbocycles. The normalized spacial score (nSPS) is 19.2. The Labute approximate surface area is 209 Å². The molecule has 1 aliphatic heterocycles. The van der Waals surface area contributed by atoms with Crippen molar-refractivity contribution in [3.63, 3.8) is 0 Å². The standard InChI is InChI=1S/C24H38N4O3.HI/c1-28(2)21(19-7-8-19)16-26-24(25-11-3-12-29-17-18-5-6-18)27-20-9-10-22-23(15-20)31-14-4-13-30-22;/h9-10,15,18-19,21H,3-8,11-14,16-17H2,1-2H3,(H2,25,26,27);1H. The maximum atomic E-state index is 5.84. The summed E-state index contributed by atoms with van der Waals surface area (Å²) in [5.74, 6) is 4.00. The van der Waals surface area contributed by atoms with Crippen molar-refractivity contribution in [2.45, 2.75) is 44.6 Å². The van der Waals surface area contributed by atoms with Crippen molar-refractivity contribution < 1.29 is 14.2 Å². The van der Waals surface area contributed by atoms with Crippen LogP contribution in [0.5, 0.6) is 11.5 Å². The van der Waals surface area contributed by atoms with Gasteiger partial charge in [-0.3, -0.25) is 4.99 Å². The van der Waals surface area contributed by atoms with Gasteiger partial charge >= 0.3 is 0 Å². The number of benzene rings is 1. The van der Waals surface area contributed by atoms with Gasteiger partial charge in [0.1, 0.15) is 0 Å². The van der Waals surface area contributed by atoms with Crippen LogP contribution >= 0.6 is 24.0 Å². The van der Waals surface area contributed by atoms with Gasteiger partial charge in [-0.05, 0) is 70.2 Å². The molecule has 2 aliphatic carbocycles. The van der Waals surface area contributed by atoms with Crippen LogP contribution < -0.4 is 20.1 Å².